The molecule has 0 aliphatic heterocycles. The minimum absolute atomic E-state index is 0.177. The van der Waals surface area contributed by atoms with Crippen LogP contribution in [0.3, 0.4) is 0 Å². The summed E-state index contributed by atoms with van der Waals surface area (Å²) >= 11 is 0. The summed E-state index contributed by atoms with van der Waals surface area (Å²) in [5.41, 5.74) is 1.80. The average Bonchev–Trinajstić information content (AvgIpc) is 3.02. The van der Waals surface area contributed by atoms with Crippen molar-refractivity contribution in [3.05, 3.63) is 30.6 Å². The van der Waals surface area contributed by atoms with Crippen LogP contribution in [0.25, 0.3) is 11.4 Å². The molecule has 122 valence electrons. The predicted octanol–water partition coefficient (Wildman–Crippen LogP) is 1.56. The Bertz CT molecular complexity index is 677. The number of carbonyl (C=O) groups is 1. The number of hydrogen-bond acceptors (Lipinski definition) is 5. The highest BCUT2D eigenvalue weighted by molar-refractivity contribution is 5.92. The maximum Gasteiger partial charge on any atom is 0.271 e. The predicted molar refractivity (Wildman–Crippen MR) is 84.8 cm³/mol. The summed E-state index contributed by atoms with van der Waals surface area (Å²) in [6.45, 7) is 0. The Morgan fingerprint density at radius 2 is 2.00 bits per heavy atom. The Morgan fingerprint density at radius 3 is 2.65 bits per heavy atom. The Hall–Kier alpha value is -2.28. The van der Waals surface area contributed by atoms with E-state index in [1.807, 2.05) is 11.6 Å². The zero-order valence-corrected chi connectivity index (χ0v) is 13.4. The van der Waals surface area contributed by atoms with E-state index in [4.69, 9.17) is 4.74 Å². The number of hydrogen-bond donors (Lipinski definition) is 1. The van der Waals surface area contributed by atoms with Gasteiger partial charge in [-0.05, 0) is 25.7 Å². The monoisotopic (exact) mass is 315 g/mol. The third kappa shape index (κ3) is 3.56. The van der Waals surface area contributed by atoms with E-state index in [-0.39, 0.29) is 11.9 Å². The van der Waals surface area contributed by atoms with Gasteiger partial charge in [-0.25, -0.2) is 9.97 Å². The largest absolute Gasteiger partial charge is 0.381 e. The number of ether oxygens (including phenoxy) is 1. The molecule has 0 spiro atoms. The van der Waals surface area contributed by atoms with Crippen LogP contribution >= 0.6 is 0 Å². The van der Waals surface area contributed by atoms with Crippen LogP contribution in [-0.4, -0.2) is 44.7 Å². The second kappa shape index (κ2) is 6.87. The van der Waals surface area contributed by atoms with Gasteiger partial charge in [-0.15, -0.1) is 0 Å². The van der Waals surface area contributed by atoms with Gasteiger partial charge in [0.05, 0.1) is 36.7 Å². The molecule has 2 heterocycles. The molecule has 0 atom stereocenters. The van der Waals surface area contributed by atoms with Crippen LogP contribution in [0.1, 0.15) is 36.2 Å². The average molecular weight is 315 g/mol. The smallest absolute Gasteiger partial charge is 0.271 e. The Morgan fingerprint density at radius 1 is 1.22 bits per heavy atom. The van der Waals surface area contributed by atoms with E-state index in [9.17, 15) is 4.79 Å². The lowest BCUT2D eigenvalue weighted by Gasteiger charge is -2.28. The third-order valence-corrected chi connectivity index (χ3v) is 4.29. The maximum absolute atomic E-state index is 12.4. The lowest BCUT2D eigenvalue weighted by Crippen LogP contribution is -2.39. The van der Waals surface area contributed by atoms with Crippen molar-refractivity contribution in [2.24, 2.45) is 7.05 Å². The molecule has 7 nitrogen and oxygen atoms in total. The molecule has 0 radical (unpaired) electrons. The van der Waals surface area contributed by atoms with Gasteiger partial charge in [0, 0.05) is 20.2 Å². The van der Waals surface area contributed by atoms with Crippen LogP contribution in [0.5, 0.6) is 0 Å². The molecule has 2 aromatic heterocycles. The zero-order chi connectivity index (χ0) is 16.2. The van der Waals surface area contributed by atoms with Crippen LogP contribution in [0, 0.1) is 0 Å². The van der Waals surface area contributed by atoms with Crippen molar-refractivity contribution in [3.63, 3.8) is 0 Å². The zero-order valence-electron chi connectivity index (χ0n) is 13.4. The lowest BCUT2D eigenvalue weighted by atomic mass is 9.93. The normalized spacial score (nSPS) is 21.1. The van der Waals surface area contributed by atoms with E-state index in [1.54, 1.807) is 25.8 Å². The standard InChI is InChI=1S/C16H21N5O2/c1-21-10-18-9-15(21)13-7-17-8-14(20-13)16(22)19-11-3-5-12(23-2)6-4-11/h7-12H,3-6H2,1-2H3,(H,19,22)/t11-,12-. The Labute approximate surface area is 135 Å². The Balaban J connectivity index is 1.67. The van der Waals surface area contributed by atoms with Crippen molar-refractivity contribution in [1.82, 2.24) is 24.8 Å². The number of aromatic nitrogens is 4. The minimum Gasteiger partial charge on any atom is -0.381 e. The van der Waals surface area contributed by atoms with Crippen molar-refractivity contribution in [1.29, 1.82) is 0 Å². The van der Waals surface area contributed by atoms with Gasteiger partial charge in [0.2, 0.25) is 0 Å². The molecule has 0 aromatic carbocycles. The second-order valence-electron chi connectivity index (χ2n) is 5.86. The molecule has 1 fully saturated rings. The Kier molecular flexibility index (Phi) is 4.66. The molecule has 3 rings (SSSR count). The van der Waals surface area contributed by atoms with Gasteiger partial charge in [-0.3, -0.25) is 9.78 Å². The van der Waals surface area contributed by atoms with E-state index < -0.39 is 0 Å². The first kappa shape index (κ1) is 15.6. The fraction of sp³-hybridized carbons (Fsp3) is 0.500. The van der Waals surface area contributed by atoms with Gasteiger partial charge in [-0.2, -0.15) is 0 Å². The molecule has 1 aliphatic carbocycles. The second-order valence-corrected chi connectivity index (χ2v) is 5.86. The topological polar surface area (TPSA) is 81.9 Å². The number of nitrogens with one attached hydrogen (secondary N) is 1. The number of rotatable bonds is 4. The van der Waals surface area contributed by atoms with Crippen molar-refractivity contribution < 1.29 is 9.53 Å². The summed E-state index contributed by atoms with van der Waals surface area (Å²) in [5, 5.41) is 3.05. The molecular weight excluding hydrogens is 294 g/mol. The molecule has 0 bridgehead atoms. The fourth-order valence-corrected chi connectivity index (χ4v) is 2.91. The lowest BCUT2D eigenvalue weighted by molar-refractivity contribution is 0.0598. The van der Waals surface area contributed by atoms with Crippen molar-refractivity contribution in [2.75, 3.05) is 7.11 Å². The number of aryl methyl sites for hydroxylation is 1. The molecule has 23 heavy (non-hydrogen) atoms. The van der Waals surface area contributed by atoms with E-state index in [1.165, 1.54) is 6.20 Å². The SMILES string of the molecule is CO[C@H]1CC[C@H](NC(=O)c2cncc(-c3cncn3C)n2)CC1. The first-order chi connectivity index (χ1) is 11.2. The highest BCUT2D eigenvalue weighted by Gasteiger charge is 2.23. The number of carbonyl (C=O) groups excluding carboxylic acids is 1. The molecule has 1 amide bonds. The molecule has 0 unspecified atom stereocenters. The molecule has 1 aliphatic rings. The number of amides is 1. The number of imidazole rings is 1. The van der Waals surface area contributed by atoms with Gasteiger partial charge in [-0.1, -0.05) is 0 Å². The molecule has 0 saturated heterocycles. The van der Waals surface area contributed by atoms with Gasteiger partial charge < -0.3 is 14.6 Å². The molecular formula is C16H21N5O2. The van der Waals surface area contributed by atoms with Crippen molar-refractivity contribution >= 4 is 5.91 Å². The first-order valence-corrected chi connectivity index (χ1v) is 7.79. The fourth-order valence-electron chi connectivity index (χ4n) is 2.91. The highest BCUT2D eigenvalue weighted by Crippen LogP contribution is 2.21. The minimum atomic E-state index is -0.178. The molecule has 1 N–H and O–H groups in total. The van der Waals surface area contributed by atoms with Crippen LogP contribution in [0.15, 0.2) is 24.9 Å². The summed E-state index contributed by atoms with van der Waals surface area (Å²) < 4.78 is 7.20. The third-order valence-electron chi connectivity index (χ3n) is 4.29. The van der Waals surface area contributed by atoms with Crippen LogP contribution in [0.4, 0.5) is 0 Å². The van der Waals surface area contributed by atoms with Crippen LogP contribution in [-0.2, 0) is 11.8 Å². The van der Waals surface area contributed by atoms with Crippen LogP contribution in [0.2, 0.25) is 0 Å². The summed E-state index contributed by atoms with van der Waals surface area (Å²) in [4.78, 5) is 25.0. The summed E-state index contributed by atoms with van der Waals surface area (Å²) in [6.07, 6.45) is 10.7. The van der Waals surface area contributed by atoms with E-state index in [2.05, 4.69) is 20.3 Å². The maximum atomic E-state index is 12.4. The number of nitrogens with zero attached hydrogens (tertiary/aromatic N) is 4. The summed E-state index contributed by atoms with van der Waals surface area (Å²) in [6, 6.07) is 0.177. The number of methoxy groups -OCH3 is 1. The van der Waals surface area contributed by atoms with E-state index in [0.717, 1.165) is 31.4 Å². The van der Waals surface area contributed by atoms with E-state index in [0.29, 0.717) is 17.5 Å². The van der Waals surface area contributed by atoms with Crippen molar-refractivity contribution in [2.45, 2.75) is 37.8 Å². The van der Waals surface area contributed by atoms with E-state index >= 15 is 0 Å². The quantitative estimate of drug-likeness (QED) is 0.926. The summed E-state index contributed by atoms with van der Waals surface area (Å²) in [7, 11) is 3.62. The van der Waals surface area contributed by atoms with Gasteiger partial charge in [0.25, 0.3) is 5.91 Å². The van der Waals surface area contributed by atoms with Gasteiger partial charge >= 0.3 is 0 Å². The van der Waals surface area contributed by atoms with Gasteiger partial charge in [0.15, 0.2) is 0 Å². The first-order valence-electron chi connectivity index (χ1n) is 7.79. The molecule has 2 aromatic rings. The molecule has 1 saturated carbocycles. The van der Waals surface area contributed by atoms with Gasteiger partial charge in [0.1, 0.15) is 11.4 Å². The highest BCUT2D eigenvalue weighted by atomic mass is 16.5. The van der Waals surface area contributed by atoms with Crippen LogP contribution < -0.4 is 5.32 Å². The summed E-state index contributed by atoms with van der Waals surface area (Å²) in [5.74, 6) is -0.178. The molecule has 7 heteroatoms. The van der Waals surface area contributed by atoms with Crippen molar-refractivity contribution in [3.8, 4) is 11.4 Å².